The molecule has 0 bridgehead atoms. The molecule has 3 nitrogen and oxygen atoms in total. The molecule has 0 aliphatic heterocycles. The molecule has 1 aromatic heterocycles. The summed E-state index contributed by atoms with van der Waals surface area (Å²) in [5.41, 5.74) is 1.46. The van der Waals surface area contributed by atoms with Gasteiger partial charge in [0.25, 0.3) is 0 Å². The Morgan fingerprint density at radius 3 is 2.80 bits per heavy atom. The Bertz CT molecular complexity index is 311. The van der Waals surface area contributed by atoms with E-state index in [4.69, 9.17) is 5.26 Å². The Morgan fingerprint density at radius 2 is 2.20 bits per heavy atom. The van der Waals surface area contributed by atoms with Crippen molar-refractivity contribution < 1.29 is 0 Å². The number of hydrogen-bond donors (Lipinski definition) is 1. The molecule has 1 aromatic rings. The summed E-state index contributed by atoms with van der Waals surface area (Å²) in [4.78, 5) is 3.99. The van der Waals surface area contributed by atoms with Crippen LogP contribution >= 0.6 is 0 Å². The van der Waals surface area contributed by atoms with Crippen LogP contribution in [0.1, 0.15) is 38.3 Å². The molecule has 1 rings (SSSR count). The van der Waals surface area contributed by atoms with Crippen molar-refractivity contribution in [2.75, 3.05) is 11.9 Å². The fourth-order valence-corrected chi connectivity index (χ4v) is 1.35. The predicted molar refractivity (Wildman–Crippen MR) is 61.6 cm³/mol. The van der Waals surface area contributed by atoms with Crippen LogP contribution < -0.4 is 5.32 Å². The van der Waals surface area contributed by atoms with E-state index in [1.54, 1.807) is 12.3 Å². The molecule has 0 aliphatic carbocycles. The first-order chi connectivity index (χ1) is 7.36. The summed E-state index contributed by atoms with van der Waals surface area (Å²) in [5, 5.41) is 11.9. The van der Waals surface area contributed by atoms with Gasteiger partial charge in [0.1, 0.15) is 11.8 Å². The second-order valence-electron chi connectivity index (χ2n) is 3.53. The zero-order valence-corrected chi connectivity index (χ0v) is 9.16. The van der Waals surface area contributed by atoms with Gasteiger partial charge < -0.3 is 5.32 Å². The van der Waals surface area contributed by atoms with Gasteiger partial charge in [-0.05, 0) is 18.6 Å². The third-order valence-corrected chi connectivity index (χ3v) is 2.24. The Balaban J connectivity index is 2.23. The fourth-order valence-electron chi connectivity index (χ4n) is 1.35. The van der Waals surface area contributed by atoms with Gasteiger partial charge >= 0.3 is 0 Å². The number of anilines is 1. The highest BCUT2D eigenvalue weighted by molar-refractivity contribution is 5.42. The number of rotatable bonds is 6. The van der Waals surface area contributed by atoms with Crippen molar-refractivity contribution in [3.05, 3.63) is 24.0 Å². The molecular formula is C12H17N3. The molecule has 0 amide bonds. The molecule has 0 unspecified atom stereocenters. The first kappa shape index (κ1) is 11.5. The van der Waals surface area contributed by atoms with Crippen LogP contribution in [0.5, 0.6) is 0 Å². The molecule has 15 heavy (non-hydrogen) atoms. The molecule has 0 aliphatic rings. The zero-order valence-electron chi connectivity index (χ0n) is 9.16. The minimum absolute atomic E-state index is 0.464. The minimum atomic E-state index is 0.464. The Kier molecular flexibility index (Phi) is 5.24. The molecule has 0 fully saturated rings. The van der Waals surface area contributed by atoms with E-state index in [1.165, 1.54) is 25.7 Å². The summed E-state index contributed by atoms with van der Waals surface area (Å²) < 4.78 is 0. The molecule has 0 atom stereocenters. The van der Waals surface area contributed by atoms with Gasteiger partial charge in [-0.3, -0.25) is 0 Å². The molecule has 0 radical (unpaired) electrons. The van der Waals surface area contributed by atoms with E-state index in [0.29, 0.717) is 5.69 Å². The molecule has 3 heteroatoms. The van der Waals surface area contributed by atoms with Crippen molar-refractivity contribution in [3.8, 4) is 6.07 Å². The van der Waals surface area contributed by atoms with Crippen molar-refractivity contribution in [3.63, 3.8) is 0 Å². The van der Waals surface area contributed by atoms with E-state index in [9.17, 15) is 0 Å². The topological polar surface area (TPSA) is 48.7 Å². The smallest absolute Gasteiger partial charge is 0.140 e. The number of nitrogens with zero attached hydrogens (tertiary/aromatic N) is 2. The SMILES string of the molecule is CCCCCCNc1ccc(C#N)nc1. The second kappa shape index (κ2) is 6.83. The van der Waals surface area contributed by atoms with Crippen molar-refractivity contribution in [2.24, 2.45) is 0 Å². The van der Waals surface area contributed by atoms with E-state index in [2.05, 4.69) is 17.2 Å². The maximum Gasteiger partial charge on any atom is 0.140 e. The highest BCUT2D eigenvalue weighted by Crippen LogP contribution is 2.06. The third-order valence-electron chi connectivity index (χ3n) is 2.24. The maximum atomic E-state index is 8.57. The number of nitriles is 1. The predicted octanol–water partition coefficient (Wildman–Crippen LogP) is 2.95. The highest BCUT2D eigenvalue weighted by atomic mass is 14.9. The molecule has 1 N–H and O–H groups in total. The van der Waals surface area contributed by atoms with E-state index in [1.807, 2.05) is 12.1 Å². The van der Waals surface area contributed by atoms with Crippen LogP contribution in [-0.4, -0.2) is 11.5 Å². The van der Waals surface area contributed by atoms with Crippen LogP contribution in [0, 0.1) is 11.3 Å². The van der Waals surface area contributed by atoms with Gasteiger partial charge in [0, 0.05) is 6.54 Å². The van der Waals surface area contributed by atoms with Gasteiger partial charge in [-0.1, -0.05) is 26.2 Å². The van der Waals surface area contributed by atoms with E-state index < -0.39 is 0 Å². The maximum absolute atomic E-state index is 8.57. The van der Waals surface area contributed by atoms with Crippen LogP contribution in [0.3, 0.4) is 0 Å². The van der Waals surface area contributed by atoms with Gasteiger partial charge in [0.05, 0.1) is 11.9 Å². The lowest BCUT2D eigenvalue weighted by Crippen LogP contribution is -2.01. The van der Waals surface area contributed by atoms with Crippen LogP contribution in [0.25, 0.3) is 0 Å². The molecule has 0 saturated heterocycles. The molecule has 0 spiro atoms. The molecule has 0 aromatic carbocycles. The van der Waals surface area contributed by atoms with Crippen molar-refractivity contribution in [1.29, 1.82) is 5.26 Å². The lowest BCUT2D eigenvalue weighted by molar-refractivity contribution is 0.685. The summed E-state index contributed by atoms with van der Waals surface area (Å²) in [7, 11) is 0. The second-order valence-corrected chi connectivity index (χ2v) is 3.53. The van der Waals surface area contributed by atoms with Crippen LogP contribution in [0.15, 0.2) is 18.3 Å². The number of aromatic nitrogens is 1. The molecule has 80 valence electrons. The lowest BCUT2D eigenvalue weighted by Gasteiger charge is -2.04. The van der Waals surface area contributed by atoms with Crippen LogP contribution in [0.2, 0.25) is 0 Å². The lowest BCUT2D eigenvalue weighted by atomic mass is 10.2. The van der Waals surface area contributed by atoms with E-state index in [0.717, 1.165) is 12.2 Å². The number of unbranched alkanes of at least 4 members (excludes halogenated alkanes) is 3. The Labute approximate surface area is 91.1 Å². The quantitative estimate of drug-likeness (QED) is 0.723. The highest BCUT2D eigenvalue weighted by Gasteiger charge is 1.93. The average Bonchev–Trinajstić information content (AvgIpc) is 2.30. The van der Waals surface area contributed by atoms with E-state index >= 15 is 0 Å². The molecular weight excluding hydrogens is 186 g/mol. The minimum Gasteiger partial charge on any atom is -0.384 e. The van der Waals surface area contributed by atoms with Crippen molar-refractivity contribution in [2.45, 2.75) is 32.6 Å². The first-order valence-electron chi connectivity index (χ1n) is 5.47. The van der Waals surface area contributed by atoms with Crippen LogP contribution in [-0.2, 0) is 0 Å². The Morgan fingerprint density at radius 1 is 1.33 bits per heavy atom. The molecule has 0 saturated carbocycles. The van der Waals surface area contributed by atoms with Gasteiger partial charge in [-0.25, -0.2) is 4.98 Å². The van der Waals surface area contributed by atoms with Gasteiger partial charge in [0.15, 0.2) is 0 Å². The normalized spacial score (nSPS) is 9.60. The standard InChI is InChI=1S/C12H17N3/c1-2-3-4-5-8-14-12-7-6-11(9-13)15-10-12/h6-7,10,14H,2-5,8H2,1H3. The summed E-state index contributed by atoms with van der Waals surface area (Å²) in [6.45, 7) is 3.19. The fraction of sp³-hybridized carbons (Fsp3) is 0.500. The van der Waals surface area contributed by atoms with Crippen molar-refractivity contribution in [1.82, 2.24) is 4.98 Å². The van der Waals surface area contributed by atoms with Gasteiger partial charge in [-0.15, -0.1) is 0 Å². The van der Waals surface area contributed by atoms with Crippen molar-refractivity contribution >= 4 is 5.69 Å². The number of hydrogen-bond acceptors (Lipinski definition) is 3. The van der Waals surface area contributed by atoms with Gasteiger partial charge in [0.2, 0.25) is 0 Å². The largest absolute Gasteiger partial charge is 0.384 e. The monoisotopic (exact) mass is 203 g/mol. The Hall–Kier alpha value is -1.56. The first-order valence-corrected chi connectivity index (χ1v) is 5.47. The summed E-state index contributed by atoms with van der Waals surface area (Å²) in [6, 6.07) is 5.62. The molecule has 1 heterocycles. The van der Waals surface area contributed by atoms with Crippen LogP contribution in [0.4, 0.5) is 5.69 Å². The summed E-state index contributed by atoms with van der Waals surface area (Å²) in [6.07, 6.45) is 6.73. The number of nitrogens with one attached hydrogen (secondary N) is 1. The number of pyridine rings is 1. The summed E-state index contributed by atoms with van der Waals surface area (Å²) in [5.74, 6) is 0. The average molecular weight is 203 g/mol. The summed E-state index contributed by atoms with van der Waals surface area (Å²) >= 11 is 0. The third kappa shape index (κ3) is 4.46. The zero-order chi connectivity index (χ0) is 10.9. The van der Waals surface area contributed by atoms with Gasteiger partial charge in [-0.2, -0.15) is 5.26 Å². The van der Waals surface area contributed by atoms with E-state index in [-0.39, 0.29) is 0 Å².